The molecule has 12 nitrogen and oxygen atoms in total. The third kappa shape index (κ3) is 9.96. The monoisotopic (exact) mass is 388 g/mol. The molecule has 0 saturated heterocycles. The summed E-state index contributed by atoms with van der Waals surface area (Å²) in [5, 5.41) is 68.9. The normalized spacial score (nSPS) is 10.4. The molecule has 0 aliphatic rings. The maximum Gasteiger partial charge on any atom is 0.335 e. The van der Waals surface area contributed by atoms with Gasteiger partial charge in [-0.25, -0.2) is 4.79 Å². The van der Waals surface area contributed by atoms with Gasteiger partial charge < -0.3 is 55.5 Å². The topological polar surface area (TPSA) is 240 Å². The Bertz CT molecular complexity index is 474. The number of aliphatic hydroxyl groups excluding tert-OH is 4. The summed E-state index contributed by atoms with van der Waals surface area (Å²) in [5.74, 6) is -3.33. The predicted octanol–water partition coefficient (Wildman–Crippen LogP) is -2.37. The van der Waals surface area contributed by atoms with Gasteiger partial charge >= 0.3 is 14.6 Å². The summed E-state index contributed by atoms with van der Waals surface area (Å²) in [6.07, 6.45) is 0. The highest BCUT2D eigenvalue weighted by molar-refractivity contribution is 7.38. The molecule has 25 heavy (non-hydrogen) atoms. The van der Waals surface area contributed by atoms with E-state index in [2.05, 4.69) is 0 Å². The van der Waals surface area contributed by atoms with Crippen LogP contribution in [0.4, 0.5) is 0 Å². The average Bonchev–Trinajstić information content (AvgIpc) is 2.55. The van der Waals surface area contributed by atoms with Gasteiger partial charge in [0.2, 0.25) is 0 Å². The van der Waals surface area contributed by atoms with E-state index in [0.29, 0.717) is 0 Å². The van der Waals surface area contributed by atoms with Crippen LogP contribution in [0.1, 0.15) is 10.4 Å². The lowest BCUT2D eigenvalue weighted by molar-refractivity contribution is -0.0328. The van der Waals surface area contributed by atoms with Gasteiger partial charge in [0.05, 0.1) is 37.4 Å². The molecule has 1 aromatic rings. The van der Waals surface area contributed by atoms with Crippen molar-refractivity contribution in [3.05, 3.63) is 17.7 Å². The largest absolute Gasteiger partial charge is 0.504 e. The van der Waals surface area contributed by atoms with Gasteiger partial charge in [-0.1, -0.05) is 0 Å². The van der Waals surface area contributed by atoms with E-state index in [-0.39, 0.29) is 5.56 Å². The van der Waals surface area contributed by atoms with E-state index < -0.39 is 63.7 Å². The van der Waals surface area contributed by atoms with Crippen LogP contribution in [0.2, 0.25) is 0 Å². The van der Waals surface area contributed by atoms with Gasteiger partial charge in [-0.05, 0) is 12.1 Å². The Morgan fingerprint density at radius 3 is 1.28 bits per heavy atom. The molecular weight excluding hydrogens is 367 g/mol. The first-order chi connectivity index (χ1) is 11.5. The minimum Gasteiger partial charge on any atom is -0.504 e. The van der Waals surface area contributed by atoms with Crippen LogP contribution in [-0.2, 0) is 0 Å². The molecule has 0 fully saturated rings. The number of phenolic OH excluding ortho intramolecular Hbond substituents is 3. The summed E-state index contributed by atoms with van der Waals surface area (Å²) in [7, 11) is -2.62. The van der Waals surface area contributed by atoms with E-state index in [1.165, 1.54) is 0 Å². The van der Waals surface area contributed by atoms with Crippen molar-refractivity contribution in [2.45, 2.75) is 0 Å². The number of rotatable bonds is 5. The van der Waals surface area contributed by atoms with Gasteiger partial charge in [0.1, 0.15) is 0 Å². The van der Waals surface area contributed by atoms with Crippen molar-refractivity contribution in [1.29, 1.82) is 0 Å². The molecule has 0 saturated carbocycles. The average molecular weight is 388 g/mol. The minimum absolute atomic E-state index is 0.289. The second-order valence-corrected chi connectivity index (χ2v) is 5.11. The Balaban J connectivity index is 0. The molecule has 1 aromatic carbocycles. The smallest absolute Gasteiger partial charge is 0.335 e. The van der Waals surface area contributed by atoms with Gasteiger partial charge in [0.25, 0.3) is 0 Å². The molecule has 11 N–H and O–H groups in total. The van der Waals surface area contributed by atoms with Crippen LogP contribution in [0.3, 0.4) is 0 Å². The van der Waals surface area contributed by atoms with Crippen molar-refractivity contribution in [2.24, 2.45) is 5.41 Å². The number of carbonyl (C=O) groups is 1. The summed E-state index contributed by atoms with van der Waals surface area (Å²) in [4.78, 5) is 32.0. The Kier molecular flexibility index (Phi) is 12.8. The van der Waals surface area contributed by atoms with E-state index >= 15 is 0 Å². The molecule has 0 bridgehead atoms. The van der Waals surface area contributed by atoms with Crippen LogP contribution in [-0.4, -0.2) is 87.9 Å². The number of aromatic hydroxyl groups is 3. The van der Waals surface area contributed by atoms with E-state index in [0.717, 1.165) is 12.1 Å². The second kappa shape index (κ2) is 12.6. The predicted molar refractivity (Wildman–Crippen MR) is 82.7 cm³/mol. The standard InChI is InChI=1S/C7H6O5.C5H12O4.H3O3P/c8-4-1-3(7(11)12)2-5(9)6(4)10;6-1-5(2-7,3-8)4-9;1-4(2)3/h1-2,8-10H,(H,11,12);6-9H,1-4H2;1-3H. The van der Waals surface area contributed by atoms with Gasteiger partial charge in [-0.15, -0.1) is 0 Å². The maximum absolute atomic E-state index is 10.3. The molecule has 0 heterocycles. The quantitative estimate of drug-likeness (QED) is 0.187. The third-order valence-corrected chi connectivity index (χ3v) is 2.66. The van der Waals surface area contributed by atoms with Crippen molar-refractivity contribution in [1.82, 2.24) is 0 Å². The fraction of sp³-hybridized carbons (Fsp3) is 0.417. The number of hydrogen-bond donors (Lipinski definition) is 11. The van der Waals surface area contributed by atoms with Crippen LogP contribution in [0.15, 0.2) is 12.1 Å². The van der Waals surface area contributed by atoms with E-state index in [4.69, 9.17) is 55.5 Å². The molecule has 0 unspecified atom stereocenters. The molecule has 0 aromatic heterocycles. The number of phenols is 3. The first-order valence-electron chi connectivity index (χ1n) is 6.28. The fourth-order valence-corrected chi connectivity index (χ4v) is 1.03. The zero-order chi connectivity index (χ0) is 20.2. The van der Waals surface area contributed by atoms with Crippen LogP contribution in [0.5, 0.6) is 17.2 Å². The first kappa shape index (κ1) is 25.5. The first-order valence-corrected chi connectivity index (χ1v) is 7.48. The minimum atomic E-state index is -2.62. The summed E-state index contributed by atoms with van der Waals surface area (Å²) < 4.78 is 0. The molecule has 0 radical (unpaired) electrons. The molecular formula is C12H21O12P. The lowest BCUT2D eigenvalue weighted by Gasteiger charge is -2.23. The van der Waals surface area contributed by atoms with Gasteiger partial charge in [0.15, 0.2) is 17.2 Å². The number of aliphatic hydroxyl groups is 4. The third-order valence-electron chi connectivity index (χ3n) is 2.66. The fourth-order valence-electron chi connectivity index (χ4n) is 1.03. The van der Waals surface area contributed by atoms with Gasteiger partial charge in [-0.3, -0.25) is 0 Å². The Morgan fingerprint density at radius 2 is 1.12 bits per heavy atom. The summed E-state index contributed by atoms with van der Waals surface area (Å²) in [5.41, 5.74) is -1.40. The zero-order valence-electron chi connectivity index (χ0n) is 12.8. The summed E-state index contributed by atoms with van der Waals surface area (Å²) >= 11 is 0. The molecule has 0 atom stereocenters. The van der Waals surface area contributed by atoms with Crippen LogP contribution < -0.4 is 0 Å². The summed E-state index contributed by atoms with van der Waals surface area (Å²) in [6.45, 7) is -1.62. The summed E-state index contributed by atoms with van der Waals surface area (Å²) in [6, 6.07) is 1.69. The van der Waals surface area contributed by atoms with Crippen LogP contribution in [0.25, 0.3) is 0 Å². The SMILES string of the molecule is O=C(O)c1cc(O)c(O)c(O)c1.OCC(CO)(CO)CO.OP(O)O. The van der Waals surface area contributed by atoms with Gasteiger partial charge in [-0.2, -0.15) is 0 Å². The lowest BCUT2D eigenvalue weighted by atomic mass is 9.93. The lowest BCUT2D eigenvalue weighted by Crippen LogP contribution is -2.37. The second-order valence-electron chi connectivity index (χ2n) is 4.57. The van der Waals surface area contributed by atoms with Crippen molar-refractivity contribution in [3.63, 3.8) is 0 Å². The maximum atomic E-state index is 10.3. The number of aromatic carboxylic acids is 1. The van der Waals surface area contributed by atoms with E-state index in [9.17, 15) is 4.79 Å². The van der Waals surface area contributed by atoms with Crippen molar-refractivity contribution < 1.29 is 60.3 Å². The zero-order valence-corrected chi connectivity index (χ0v) is 13.7. The number of benzene rings is 1. The van der Waals surface area contributed by atoms with Crippen molar-refractivity contribution in [2.75, 3.05) is 26.4 Å². The van der Waals surface area contributed by atoms with Gasteiger partial charge in [0, 0.05) is 0 Å². The van der Waals surface area contributed by atoms with Crippen molar-refractivity contribution in [3.8, 4) is 17.2 Å². The molecule has 0 spiro atoms. The molecule has 1 rings (SSSR count). The Hall–Kier alpha value is -1.76. The Labute approximate surface area is 142 Å². The molecule has 0 aliphatic heterocycles. The molecule has 146 valence electrons. The number of carboxylic acids is 1. The molecule has 0 amide bonds. The molecule has 0 aliphatic carbocycles. The van der Waals surface area contributed by atoms with Crippen molar-refractivity contribution >= 4 is 14.6 Å². The van der Waals surface area contributed by atoms with Crippen LogP contribution in [0, 0.1) is 5.41 Å². The highest BCUT2D eigenvalue weighted by atomic mass is 31.2. The molecule has 13 heteroatoms. The highest BCUT2D eigenvalue weighted by Crippen LogP contribution is 2.35. The Morgan fingerprint density at radius 1 is 0.840 bits per heavy atom. The van der Waals surface area contributed by atoms with Crippen LogP contribution >= 0.6 is 8.60 Å². The number of carboxylic acid groups (broad SMARTS) is 1. The highest BCUT2D eigenvalue weighted by Gasteiger charge is 2.26. The van der Waals surface area contributed by atoms with E-state index in [1.54, 1.807) is 0 Å². The van der Waals surface area contributed by atoms with E-state index in [1.807, 2.05) is 0 Å². The number of hydrogen-bond acceptors (Lipinski definition) is 11.